The number of primary sulfonamides is 2. The van der Waals surface area contributed by atoms with Crippen LogP contribution in [-0.2, 0) is 47.1 Å². The van der Waals surface area contributed by atoms with Gasteiger partial charge in [0.1, 0.15) is 12.1 Å². The standard InChI is InChI=1S/C18H18N8O2S2.C16H16N8O2S.C16H15N7O3S2.C16H15N7O2S2/c1-25(2)11-20-30(27,28)13-7-5-6-12(10-13)21-17-23-16(19)26(24-17)18-22-14-8-3-4-9-15(14)29-18;1-23-13-8-3-2-7-12(13)20-16(23)24-14(17)21-15(22-24)19-10-5-4-6-11(9-10)27(18,25)26;1-26-10-5-6-12-13(8-10)27-16(20-12)23-14(17)21-15(22-23)19-9-3-2-4-11(7-9)28(18,24)25;1-27(24,25)22-11-8-6-10(7-9-11)18-15-20-14(17)23(21-15)16-19-12-4-2-3-5-13(12)26-16/h3-11H,1-2H3,(H3,19,21,23,24);2-9H,1H3,(H2,18,25,26)(H3,17,19,21,22);2-8H,1H3,(H2,18,24,25)(H3,17,19,21,22);2-9,22H,1H3,(H3,17,18,20,21). The average molecular weight is 1650 g/mol. The molecule has 8 heterocycles. The highest BCUT2D eigenvalue weighted by atomic mass is 32.2. The first-order valence-electron chi connectivity index (χ1n) is 32.3. The number of nitrogen functional groups attached to an aromatic ring is 4. The van der Waals surface area contributed by atoms with E-state index in [-0.39, 0.29) is 56.3 Å². The molecule has 0 aliphatic heterocycles. The number of methoxy groups -OCH3 is 1. The molecule has 0 radical (unpaired) electrons. The fourth-order valence-corrected chi connectivity index (χ4v) is 15.7. The Labute approximate surface area is 648 Å². The van der Waals surface area contributed by atoms with Crippen molar-refractivity contribution in [1.82, 2.24) is 88.5 Å². The number of nitrogens with zero attached hydrogens (tertiary/aromatic N) is 19. The van der Waals surface area contributed by atoms with E-state index in [1.807, 2.05) is 103 Å². The second-order valence-corrected chi connectivity index (χ2v) is 33.4. The molecule has 0 unspecified atom stereocenters. The Morgan fingerprint density at radius 1 is 0.429 bits per heavy atom. The maximum Gasteiger partial charge on any atom is 0.283 e. The summed E-state index contributed by atoms with van der Waals surface area (Å²) in [4.78, 5) is 36.4. The summed E-state index contributed by atoms with van der Waals surface area (Å²) < 4.78 is 115. The number of hydrogen-bond donors (Lipinski definition) is 11. The van der Waals surface area contributed by atoms with Gasteiger partial charge >= 0.3 is 0 Å². The number of aromatic nitrogens is 17. The minimum atomic E-state index is -3.82. The van der Waals surface area contributed by atoms with Gasteiger partial charge in [-0.1, -0.05) is 88.6 Å². The van der Waals surface area contributed by atoms with Crippen LogP contribution in [0.25, 0.3) is 63.0 Å². The molecular weight excluding hydrogens is 1580 g/mol. The van der Waals surface area contributed by atoms with Crippen LogP contribution in [0.1, 0.15) is 0 Å². The summed E-state index contributed by atoms with van der Waals surface area (Å²) in [6, 6.07) is 53.6. The molecule has 0 saturated carbocycles. The first-order valence-corrected chi connectivity index (χ1v) is 41.2. The van der Waals surface area contributed by atoms with Gasteiger partial charge < -0.3 is 58.4 Å². The smallest absolute Gasteiger partial charge is 0.283 e. The van der Waals surface area contributed by atoms with Crippen LogP contribution < -0.4 is 63.9 Å². The molecule has 16 rings (SSSR count). The second kappa shape index (κ2) is 31.7. The number of para-hydroxylation sites is 4. The van der Waals surface area contributed by atoms with Crippen LogP contribution in [0.15, 0.2) is 207 Å². The number of sulfonamides is 4. The summed E-state index contributed by atoms with van der Waals surface area (Å²) in [5, 5.41) is 41.3. The molecule has 0 aliphatic carbocycles. The first kappa shape index (κ1) is 76.8. The van der Waals surface area contributed by atoms with Crippen LogP contribution >= 0.6 is 34.0 Å². The molecule has 0 bridgehead atoms. The molecular formula is C66H64N30O9S7. The quantitative estimate of drug-likeness (QED) is 0.0254. The zero-order valence-electron chi connectivity index (χ0n) is 59.0. The molecule has 0 spiro atoms. The maximum atomic E-state index is 12.4. The number of imidazole rings is 1. The molecule has 0 saturated heterocycles. The molecule has 46 heteroatoms. The summed E-state index contributed by atoms with van der Waals surface area (Å²) >= 11 is 4.29. The third kappa shape index (κ3) is 18.3. The predicted molar refractivity (Wildman–Crippen MR) is 433 cm³/mol. The lowest BCUT2D eigenvalue weighted by Crippen LogP contribution is -2.12. The summed E-state index contributed by atoms with van der Waals surface area (Å²) in [5.41, 5.74) is 30.8. The number of thiazole rings is 3. The van der Waals surface area contributed by atoms with E-state index >= 15 is 0 Å². The van der Waals surface area contributed by atoms with E-state index in [4.69, 9.17) is 37.9 Å². The van der Waals surface area contributed by atoms with Gasteiger partial charge in [-0.3, -0.25) is 4.72 Å². The van der Waals surface area contributed by atoms with E-state index in [9.17, 15) is 33.7 Å². The minimum absolute atomic E-state index is 0.0183. The SMILES string of the molecule is CN(C)C=NS(=O)(=O)c1cccc(Nc2nc(N)n(-c3nc4ccccc4s3)n2)c1.COc1ccc2nc(-n3nc(Nc4cccc(S(N)(=O)=O)c4)nc3N)sc2c1.CS(=O)(=O)Nc1ccc(Nc2nc(N)n(-c3nc4ccccc4s3)n2)cc1.Cn1c(-n2nc(Nc3cccc(S(N)(=O)=O)c3)nc2N)nc2ccccc21. The van der Waals surface area contributed by atoms with Crippen LogP contribution in [-0.4, -0.2) is 156 Å². The number of ether oxygens (including phenoxy) is 1. The average Bonchev–Trinajstić information content (AvgIpc) is 1.61. The molecule has 8 aromatic heterocycles. The topological polar surface area (TPSA) is 557 Å². The van der Waals surface area contributed by atoms with Gasteiger partial charge in [-0.15, -0.1) is 24.8 Å². The lowest BCUT2D eigenvalue weighted by molar-refractivity contribution is 0.415. The fraction of sp³-hybridized carbons (Fsp3) is 0.0758. The van der Waals surface area contributed by atoms with E-state index in [1.165, 1.54) is 95.5 Å². The van der Waals surface area contributed by atoms with Crippen molar-refractivity contribution in [2.24, 2.45) is 21.7 Å². The molecule has 0 atom stereocenters. The van der Waals surface area contributed by atoms with Crippen molar-refractivity contribution in [2.45, 2.75) is 14.7 Å². The monoisotopic (exact) mass is 1640 g/mol. The highest BCUT2D eigenvalue weighted by Crippen LogP contribution is 2.33. The molecule has 0 aliphatic rings. The number of hydrogen-bond acceptors (Lipinski definition) is 32. The van der Waals surface area contributed by atoms with Crippen molar-refractivity contribution in [2.75, 3.05) is 76.4 Å². The van der Waals surface area contributed by atoms with Crippen LogP contribution in [0.4, 0.5) is 76.0 Å². The van der Waals surface area contributed by atoms with Crippen molar-refractivity contribution in [3.63, 3.8) is 0 Å². The summed E-state index contributed by atoms with van der Waals surface area (Å²) in [6.45, 7) is 0. The van der Waals surface area contributed by atoms with E-state index in [0.717, 1.165) is 53.7 Å². The third-order valence-electron chi connectivity index (χ3n) is 15.3. The van der Waals surface area contributed by atoms with Crippen LogP contribution in [0.5, 0.6) is 5.75 Å². The van der Waals surface area contributed by atoms with Crippen molar-refractivity contribution < 1.29 is 38.4 Å². The van der Waals surface area contributed by atoms with Crippen molar-refractivity contribution in [1.29, 1.82) is 0 Å². The Morgan fingerprint density at radius 2 is 0.821 bits per heavy atom. The number of anilines is 13. The number of aryl methyl sites for hydroxylation is 1. The molecule has 8 aromatic carbocycles. The number of benzene rings is 8. The number of rotatable bonds is 20. The third-order valence-corrected chi connectivity index (χ3v) is 21.9. The van der Waals surface area contributed by atoms with Gasteiger partial charge in [0, 0.05) is 49.6 Å². The Hall–Kier alpha value is -13.4. The molecule has 112 heavy (non-hydrogen) atoms. The molecule has 574 valence electrons. The second-order valence-electron chi connectivity index (χ2n) is 23.8. The Balaban J connectivity index is 0.000000131. The van der Waals surface area contributed by atoms with Crippen molar-refractivity contribution >= 4 is 198 Å². The summed E-state index contributed by atoms with van der Waals surface area (Å²) in [7, 11) is -7.92. The van der Waals surface area contributed by atoms with Gasteiger partial charge in [0.15, 0.2) is 0 Å². The summed E-state index contributed by atoms with van der Waals surface area (Å²) in [6.07, 6.45) is 2.33. The molecule has 16 aromatic rings. The normalized spacial score (nSPS) is 11.7. The largest absolute Gasteiger partial charge is 0.497 e. The number of nitrogens with one attached hydrogen (secondary N) is 5. The van der Waals surface area contributed by atoms with Gasteiger partial charge in [-0.05, 0) is 133 Å². The van der Waals surface area contributed by atoms with Gasteiger partial charge in [0.25, 0.3) is 10.0 Å². The lowest BCUT2D eigenvalue weighted by atomic mass is 10.3. The van der Waals surface area contributed by atoms with Crippen LogP contribution in [0, 0.1) is 0 Å². The maximum absolute atomic E-state index is 12.4. The van der Waals surface area contributed by atoms with E-state index in [0.29, 0.717) is 55.7 Å². The van der Waals surface area contributed by atoms with Crippen LogP contribution in [0.3, 0.4) is 0 Å². The Bertz CT molecular complexity index is 6630. The zero-order valence-corrected chi connectivity index (χ0v) is 64.7. The number of nitrogens with two attached hydrogens (primary N) is 6. The molecule has 0 amide bonds. The van der Waals surface area contributed by atoms with Gasteiger partial charge in [0.2, 0.25) is 99.0 Å². The predicted octanol–water partition coefficient (Wildman–Crippen LogP) is 8.04. The highest BCUT2D eigenvalue weighted by Gasteiger charge is 2.22. The van der Waals surface area contributed by atoms with Crippen molar-refractivity contribution in [3.8, 4) is 27.1 Å². The zero-order chi connectivity index (χ0) is 79.4. The van der Waals surface area contributed by atoms with Crippen molar-refractivity contribution in [3.05, 3.63) is 188 Å². The van der Waals surface area contributed by atoms with Gasteiger partial charge in [-0.25, -0.2) is 55.5 Å². The summed E-state index contributed by atoms with van der Waals surface area (Å²) in [5.74, 6) is 2.82. The van der Waals surface area contributed by atoms with E-state index in [1.54, 1.807) is 86.8 Å². The number of fused-ring (bicyclic) bond motifs is 4. The molecule has 39 nitrogen and oxygen atoms in total. The minimum Gasteiger partial charge on any atom is -0.497 e. The molecule has 17 N–H and O–H groups in total. The molecule has 0 fully saturated rings. The first-order chi connectivity index (χ1) is 53.3. The fourth-order valence-electron chi connectivity index (χ4n) is 10.2. The Kier molecular flexibility index (Phi) is 21.7. The van der Waals surface area contributed by atoms with Crippen LogP contribution in [0.2, 0.25) is 0 Å². The van der Waals surface area contributed by atoms with E-state index < -0.39 is 40.1 Å². The van der Waals surface area contributed by atoms with Gasteiger partial charge in [-0.2, -0.15) is 47.1 Å². The Morgan fingerprint density at radius 3 is 1.26 bits per heavy atom. The lowest BCUT2D eigenvalue weighted by Gasteiger charge is -2.05. The van der Waals surface area contributed by atoms with Gasteiger partial charge in [0.05, 0.1) is 69.7 Å². The highest BCUT2D eigenvalue weighted by molar-refractivity contribution is 7.92. The van der Waals surface area contributed by atoms with E-state index in [2.05, 4.69) is 90.7 Å².